The fraction of sp³-hybridized carbons (Fsp3) is 0.100. The van der Waals surface area contributed by atoms with Gasteiger partial charge in [-0.3, -0.25) is 0 Å². The van der Waals surface area contributed by atoms with Crippen molar-refractivity contribution in [1.29, 1.82) is 0 Å². The number of aromatic nitrogens is 1. The zero-order chi connectivity index (χ0) is 10.1. The van der Waals surface area contributed by atoms with Gasteiger partial charge in [0.05, 0.1) is 7.11 Å². The third-order valence-corrected chi connectivity index (χ3v) is 2.33. The molecule has 1 heterocycles. The first-order chi connectivity index (χ1) is 6.74. The number of ether oxygens (including phenoxy) is 1. The summed E-state index contributed by atoms with van der Waals surface area (Å²) in [5, 5.41) is 1.10. The zero-order valence-electron chi connectivity index (χ0n) is 7.50. The van der Waals surface area contributed by atoms with Gasteiger partial charge in [0.15, 0.2) is 0 Å². The number of nitrogens with one attached hydrogen (secondary N) is 1. The minimum atomic E-state index is -0.424. The minimum Gasteiger partial charge on any atom is -0.465 e. The van der Waals surface area contributed by atoms with Gasteiger partial charge >= 0.3 is 5.97 Å². The van der Waals surface area contributed by atoms with Gasteiger partial charge in [0.2, 0.25) is 0 Å². The first-order valence-corrected chi connectivity index (χ1v) is 4.46. The maximum atomic E-state index is 11.4. The van der Waals surface area contributed by atoms with Crippen LogP contribution in [0.3, 0.4) is 0 Å². The number of methoxy groups -OCH3 is 1. The summed E-state index contributed by atoms with van der Waals surface area (Å²) >= 11 is 5.88. The summed E-state index contributed by atoms with van der Waals surface area (Å²) in [6, 6.07) is 7.40. The molecule has 2 rings (SSSR count). The number of carbonyl (C=O) groups excluding carboxylic acids is 1. The van der Waals surface area contributed by atoms with Crippen LogP contribution >= 0.6 is 11.6 Å². The van der Waals surface area contributed by atoms with Crippen LogP contribution in [-0.4, -0.2) is 18.1 Å². The van der Waals surface area contributed by atoms with Crippen LogP contribution in [0.2, 0.25) is 5.15 Å². The number of rotatable bonds is 1. The second kappa shape index (κ2) is 3.35. The lowest BCUT2D eigenvalue weighted by Gasteiger charge is -1.96. The molecule has 0 bridgehead atoms. The topological polar surface area (TPSA) is 42.1 Å². The van der Waals surface area contributed by atoms with Gasteiger partial charge in [0, 0.05) is 10.9 Å². The number of carbonyl (C=O) groups is 1. The summed E-state index contributed by atoms with van der Waals surface area (Å²) in [5.74, 6) is -0.424. The van der Waals surface area contributed by atoms with Crippen LogP contribution < -0.4 is 0 Å². The number of halogens is 1. The van der Waals surface area contributed by atoms with E-state index in [0.29, 0.717) is 10.7 Å². The number of aromatic amines is 1. The molecule has 72 valence electrons. The normalized spacial score (nSPS) is 10.4. The molecular formula is C10H8ClNO2. The fourth-order valence-corrected chi connectivity index (χ4v) is 1.69. The maximum Gasteiger partial charge on any atom is 0.341 e. The highest BCUT2D eigenvalue weighted by atomic mass is 35.5. The summed E-state index contributed by atoms with van der Waals surface area (Å²) in [4.78, 5) is 14.3. The van der Waals surface area contributed by atoms with Gasteiger partial charge in [0.1, 0.15) is 10.7 Å². The number of benzene rings is 1. The van der Waals surface area contributed by atoms with Gasteiger partial charge in [-0.2, -0.15) is 0 Å². The Morgan fingerprint density at radius 3 is 2.86 bits per heavy atom. The van der Waals surface area contributed by atoms with E-state index in [9.17, 15) is 4.79 Å². The van der Waals surface area contributed by atoms with Crippen molar-refractivity contribution in [3.05, 3.63) is 35.0 Å². The van der Waals surface area contributed by atoms with Crippen LogP contribution in [-0.2, 0) is 4.74 Å². The maximum absolute atomic E-state index is 11.4. The third-order valence-electron chi connectivity index (χ3n) is 2.05. The Bertz CT molecular complexity index is 490. The molecule has 0 fully saturated rings. The van der Waals surface area contributed by atoms with Gasteiger partial charge in [0.25, 0.3) is 0 Å². The van der Waals surface area contributed by atoms with E-state index in [1.165, 1.54) is 7.11 Å². The smallest absolute Gasteiger partial charge is 0.341 e. The summed E-state index contributed by atoms with van der Waals surface area (Å²) < 4.78 is 4.64. The number of esters is 1. The van der Waals surface area contributed by atoms with Crippen molar-refractivity contribution < 1.29 is 9.53 Å². The lowest BCUT2D eigenvalue weighted by Crippen LogP contribution is -2.00. The van der Waals surface area contributed by atoms with Gasteiger partial charge in [-0.1, -0.05) is 29.8 Å². The molecule has 1 aromatic carbocycles. The molecule has 1 aromatic heterocycles. The zero-order valence-corrected chi connectivity index (χ0v) is 8.26. The predicted molar refractivity (Wildman–Crippen MR) is 54.6 cm³/mol. The molecule has 2 aromatic rings. The van der Waals surface area contributed by atoms with Crippen molar-refractivity contribution in [1.82, 2.24) is 4.98 Å². The summed E-state index contributed by atoms with van der Waals surface area (Å²) in [7, 11) is 1.33. The van der Waals surface area contributed by atoms with Crippen LogP contribution in [0.4, 0.5) is 0 Å². The second-order valence-corrected chi connectivity index (χ2v) is 3.23. The largest absolute Gasteiger partial charge is 0.465 e. The van der Waals surface area contributed by atoms with Gasteiger partial charge < -0.3 is 9.72 Å². The van der Waals surface area contributed by atoms with Gasteiger partial charge in [-0.05, 0) is 6.07 Å². The Balaban J connectivity index is 2.74. The van der Waals surface area contributed by atoms with E-state index in [1.54, 1.807) is 0 Å². The fourth-order valence-electron chi connectivity index (χ4n) is 1.41. The van der Waals surface area contributed by atoms with E-state index >= 15 is 0 Å². The van der Waals surface area contributed by atoms with Crippen molar-refractivity contribution >= 4 is 28.5 Å². The Labute approximate surface area is 85.6 Å². The Hall–Kier alpha value is -1.48. The lowest BCUT2D eigenvalue weighted by atomic mass is 10.2. The van der Waals surface area contributed by atoms with E-state index in [2.05, 4.69) is 9.72 Å². The van der Waals surface area contributed by atoms with Crippen LogP contribution in [0, 0.1) is 0 Å². The van der Waals surface area contributed by atoms with Crippen LogP contribution in [0.5, 0.6) is 0 Å². The van der Waals surface area contributed by atoms with Crippen molar-refractivity contribution in [2.75, 3.05) is 7.11 Å². The minimum absolute atomic E-state index is 0.318. The molecule has 0 atom stereocenters. The molecule has 0 amide bonds. The first kappa shape index (κ1) is 9.09. The molecule has 0 saturated carbocycles. The predicted octanol–water partition coefficient (Wildman–Crippen LogP) is 2.61. The van der Waals surface area contributed by atoms with Crippen molar-refractivity contribution in [2.24, 2.45) is 0 Å². The highest BCUT2D eigenvalue weighted by Gasteiger charge is 2.16. The van der Waals surface area contributed by atoms with Gasteiger partial charge in [-0.25, -0.2) is 4.79 Å². The van der Waals surface area contributed by atoms with E-state index in [-0.39, 0.29) is 0 Å². The van der Waals surface area contributed by atoms with Crippen molar-refractivity contribution in [3.8, 4) is 0 Å². The van der Waals surface area contributed by atoms with E-state index < -0.39 is 5.97 Å². The average molecular weight is 210 g/mol. The highest BCUT2D eigenvalue weighted by molar-refractivity contribution is 6.34. The van der Waals surface area contributed by atoms with E-state index in [0.717, 1.165) is 10.9 Å². The molecule has 4 heteroatoms. The molecule has 1 N–H and O–H groups in total. The number of H-pyrrole nitrogens is 1. The monoisotopic (exact) mass is 209 g/mol. The molecule has 0 spiro atoms. The quantitative estimate of drug-likeness (QED) is 0.734. The molecule has 3 nitrogen and oxygen atoms in total. The summed E-state index contributed by atoms with van der Waals surface area (Å²) in [6.45, 7) is 0. The van der Waals surface area contributed by atoms with E-state index in [4.69, 9.17) is 11.6 Å². The Morgan fingerprint density at radius 2 is 2.14 bits per heavy atom. The lowest BCUT2D eigenvalue weighted by molar-refractivity contribution is 0.0603. The second-order valence-electron chi connectivity index (χ2n) is 2.85. The van der Waals surface area contributed by atoms with Crippen molar-refractivity contribution in [2.45, 2.75) is 0 Å². The van der Waals surface area contributed by atoms with E-state index in [1.807, 2.05) is 24.3 Å². The SMILES string of the molecule is COC(=O)c1c(Cl)[nH]c2ccccc12. The van der Waals surface area contributed by atoms with Crippen LogP contribution in [0.15, 0.2) is 24.3 Å². The highest BCUT2D eigenvalue weighted by Crippen LogP contribution is 2.26. The molecule has 14 heavy (non-hydrogen) atoms. The van der Waals surface area contributed by atoms with Crippen molar-refractivity contribution in [3.63, 3.8) is 0 Å². The number of fused-ring (bicyclic) bond motifs is 1. The molecule has 0 aliphatic heterocycles. The average Bonchev–Trinajstić information content (AvgIpc) is 2.53. The number of hydrogen-bond donors (Lipinski definition) is 1. The summed E-state index contributed by atoms with van der Waals surface area (Å²) in [6.07, 6.45) is 0. The van der Waals surface area contributed by atoms with Crippen LogP contribution in [0.1, 0.15) is 10.4 Å². The number of para-hydroxylation sites is 1. The standard InChI is InChI=1S/C10H8ClNO2/c1-14-10(13)8-6-4-2-3-5-7(6)12-9(8)11/h2-5,12H,1H3. The Kier molecular flexibility index (Phi) is 2.17. The third kappa shape index (κ3) is 1.26. The molecule has 0 aliphatic carbocycles. The summed E-state index contributed by atoms with van der Waals surface area (Å²) in [5.41, 5.74) is 1.22. The Morgan fingerprint density at radius 1 is 1.43 bits per heavy atom. The molecule has 0 saturated heterocycles. The van der Waals surface area contributed by atoms with Crippen LogP contribution in [0.25, 0.3) is 10.9 Å². The molecule has 0 radical (unpaired) electrons. The first-order valence-electron chi connectivity index (χ1n) is 4.08. The molecule has 0 unspecified atom stereocenters. The molecular weight excluding hydrogens is 202 g/mol. The number of hydrogen-bond acceptors (Lipinski definition) is 2. The molecule has 0 aliphatic rings. The van der Waals surface area contributed by atoms with Gasteiger partial charge in [-0.15, -0.1) is 0 Å².